The molecule has 0 aliphatic heterocycles. The number of rotatable bonds is 4. The van der Waals surface area contributed by atoms with E-state index in [0.29, 0.717) is 17.0 Å². The van der Waals surface area contributed by atoms with Gasteiger partial charge in [0.15, 0.2) is 0 Å². The summed E-state index contributed by atoms with van der Waals surface area (Å²) in [4.78, 5) is 17.0. The highest BCUT2D eigenvalue weighted by atomic mass is 79.9. The van der Waals surface area contributed by atoms with Gasteiger partial charge in [-0.1, -0.05) is 13.3 Å². The summed E-state index contributed by atoms with van der Waals surface area (Å²) in [6, 6.07) is 1.95. The van der Waals surface area contributed by atoms with Crippen molar-refractivity contribution in [2.45, 2.75) is 19.8 Å². The molecule has 0 fully saturated rings. The van der Waals surface area contributed by atoms with Gasteiger partial charge < -0.3 is 5.11 Å². The quantitative estimate of drug-likeness (QED) is 0.767. The lowest BCUT2D eigenvalue weighted by Gasteiger charge is -1.93. The lowest BCUT2D eigenvalue weighted by molar-refractivity contribution is 0.0700. The first-order chi connectivity index (χ1) is 8.52. The zero-order valence-electron chi connectivity index (χ0n) is 9.37. The number of aromatic carboxylic acids is 1. The lowest BCUT2D eigenvalue weighted by atomic mass is 10.2. The van der Waals surface area contributed by atoms with E-state index in [0.717, 1.165) is 24.6 Å². The number of nitrogens with zero attached hydrogens (tertiary/aromatic N) is 1. The first-order valence-electron chi connectivity index (χ1n) is 5.21. The summed E-state index contributed by atoms with van der Waals surface area (Å²) in [5, 5.41) is 9.94. The molecule has 0 amide bonds. The van der Waals surface area contributed by atoms with E-state index in [4.69, 9.17) is 5.11 Å². The molecule has 0 aromatic carbocycles. The maximum Gasteiger partial charge on any atom is 0.347 e. The minimum atomic E-state index is -0.892. The smallest absolute Gasteiger partial charge is 0.347 e. The molecule has 0 spiro atoms. The van der Waals surface area contributed by atoms with Gasteiger partial charge in [-0.15, -0.1) is 22.7 Å². The second-order valence-electron chi connectivity index (χ2n) is 3.58. The van der Waals surface area contributed by atoms with Crippen LogP contribution in [0.3, 0.4) is 0 Å². The third kappa shape index (κ3) is 2.84. The third-order valence-corrected chi connectivity index (χ3v) is 6.75. The zero-order chi connectivity index (χ0) is 13.3. The van der Waals surface area contributed by atoms with Gasteiger partial charge in [0.05, 0.1) is 14.4 Å². The van der Waals surface area contributed by atoms with Crippen LogP contribution >= 0.6 is 54.5 Å². The van der Waals surface area contributed by atoms with Gasteiger partial charge in [0.1, 0.15) is 9.88 Å². The molecule has 0 saturated heterocycles. The lowest BCUT2D eigenvalue weighted by Crippen LogP contribution is -1.98. The molecule has 18 heavy (non-hydrogen) atoms. The molecule has 0 atom stereocenters. The Bertz CT molecular complexity index is 572. The van der Waals surface area contributed by atoms with Gasteiger partial charge in [0.25, 0.3) is 0 Å². The Hall–Kier alpha value is -0.240. The van der Waals surface area contributed by atoms with Crippen LogP contribution in [-0.4, -0.2) is 16.1 Å². The Labute approximate surface area is 129 Å². The first-order valence-corrected chi connectivity index (χ1v) is 8.43. The number of halogens is 2. The molecule has 2 rings (SSSR count). The topological polar surface area (TPSA) is 50.2 Å². The number of carbonyl (C=O) groups is 1. The summed E-state index contributed by atoms with van der Waals surface area (Å²) in [5.74, 6) is -0.892. The van der Waals surface area contributed by atoms with Crippen molar-refractivity contribution in [1.82, 2.24) is 4.98 Å². The maximum atomic E-state index is 11.2. The monoisotopic (exact) mass is 409 g/mol. The van der Waals surface area contributed by atoms with Gasteiger partial charge in [0.2, 0.25) is 0 Å². The molecule has 96 valence electrons. The van der Waals surface area contributed by atoms with Crippen molar-refractivity contribution in [2.75, 3.05) is 0 Å². The van der Waals surface area contributed by atoms with Crippen molar-refractivity contribution in [1.29, 1.82) is 0 Å². The molecule has 0 radical (unpaired) electrons. The molecular weight excluding hydrogens is 402 g/mol. The summed E-state index contributed by atoms with van der Waals surface area (Å²) in [5.41, 5.74) is 0.686. The molecule has 0 saturated carbocycles. The molecule has 0 unspecified atom stereocenters. The Morgan fingerprint density at radius 1 is 1.44 bits per heavy atom. The molecule has 2 aromatic heterocycles. The summed E-state index contributed by atoms with van der Waals surface area (Å²) < 4.78 is 1.95. The SMILES string of the molecule is CCCc1nc(-c2cc(Br)c(Br)s2)sc1C(=O)O. The fourth-order valence-corrected chi connectivity index (χ4v) is 4.51. The van der Waals surface area contributed by atoms with Crippen molar-refractivity contribution >= 4 is 60.5 Å². The Morgan fingerprint density at radius 3 is 2.67 bits per heavy atom. The van der Waals surface area contributed by atoms with Gasteiger partial charge >= 0.3 is 5.97 Å². The van der Waals surface area contributed by atoms with Gasteiger partial charge in [-0.05, 0) is 44.3 Å². The Kier molecular flexibility index (Phi) is 4.58. The highest BCUT2D eigenvalue weighted by Gasteiger charge is 2.19. The number of hydrogen-bond donors (Lipinski definition) is 1. The van der Waals surface area contributed by atoms with Crippen LogP contribution in [0, 0.1) is 0 Å². The number of aryl methyl sites for hydroxylation is 1. The van der Waals surface area contributed by atoms with E-state index >= 15 is 0 Å². The Balaban J connectivity index is 2.45. The summed E-state index contributed by atoms with van der Waals surface area (Å²) in [7, 11) is 0. The van der Waals surface area contributed by atoms with Crippen LogP contribution in [0.4, 0.5) is 0 Å². The van der Waals surface area contributed by atoms with Gasteiger partial charge in [-0.25, -0.2) is 9.78 Å². The number of thiazole rings is 1. The van der Waals surface area contributed by atoms with Crippen molar-refractivity contribution in [3.8, 4) is 9.88 Å². The average molecular weight is 411 g/mol. The van der Waals surface area contributed by atoms with Crippen LogP contribution in [0.1, 0.15) is 28.7 Å². The second kappa shape index (κ2) is 5.81. The number of aromatic nitrogens is 1. The molecule has 2 heterocycles. The molecule has 0 aliphatic rings. The molecule has 7 heteroatoms. The number of carboxylic acid groups (broad SMARTS) is 1. The predicted molar refractivity (Wildman–Crippen MR) is 81.8 cm³/mol. The van der Waals surface area contributed by atoms with Crippen LogP contribution in [-0.2, 0) is 6.42 Å². The number of hydrogen-bond acceptors (Lipinski definition) is 4. The van der Waals surface area contributed by atoms with E-state index in [9.17, 15) is 4.79 Å². The minimum absolute atomic E-state index is 0.354. The standard InChI is InChI=1S/C11H9Br2NO2S2/c1-2-3-6-8(11(15)16)18-10(14-6)7-4-5(12)9(13)17-7/h4H,2-3H2,1H3,(H,15,16). The number of carboxylic acids is 1. The zero-order valence-corrected chi connectivity index (χ0v) is 14.2. The van der Waals surface area contributed by atoms with Crippen LogP contribution in [0.15, 0.2) is 14.3 Å². The number of thiophene rings is 1. The van der Waals surface area contributed by atoms with E-state index < -0.39 is 5.97 Å². The summed E-state index contributed by atoms with van der Waals surface area (Å²) in [6.45, 7) is 2.02. The predicted octanol–water partition coefficient (Wildman–Crippen LogP) is 5.05. The van der Waals surface area contributed by atoms with Crippen molar-refractivity contribution in [3.05, 3.63) is 24.9 Å². The highest BCUT2D eigenvalue weighted by molar-refractivity contribution is 9.13. The normalized spacial score (nSPS) is 10.8. The fraction of sp³-hybridized carbons (Fsp3) is 0.273. The van der Waals surface area contributed by atoms with Crippen molar-refractivity contribution in [2.24, 2.45) is 0 Å². The second-order valence-corrected chi connectivity index (χ2v) is 7.81. The molecule has 3 nitrogen and oxygen atoms in total. The van der Waals surface area contributed by atoms with Gasteiger partial charge in [-0.2, -0.15) is 0 Å². The van der Waals surface area contributed by atoms with E-state index in [1.165, 1.54) is 11.3 Å². The van der Waals surface area contributed by atoms with Crippen molar-refractivity contribution < 1.29 is 9.90 Å². The van der Waals surface area contributed by atoms with E-state index in [1.54, 1.807) is 11.3 Å². The highest BCUT2D eigenvalue weighted by Crippen LogP contribution is 2.40. The first kappa shape index (κ1) is 14.2. The molecular formula is C11H9Br2NO2S2. The molecule has 2 aromatic rings. The van der Waals surface area contributed by atoms with Gasteiger partial charge in [-0.3, -0.25) is 0 Å². The van der Waals surface area contributed by atoms with E-state index in [1.807, 2.05) is 13.0 Å². The van der Waals surface area contributed by atoms with Crippen LogP contribution < -0.4 is 0 Å². The van der Waals surface area contributed by atoms with Crippen LogP contribution in [0.2, 0.25) is 0 Å². The fourth-order valence-electron chi connectivity index (χ4n) is 1.48. The Morgan fingerprint density at radius 2 is 2.17 bits per heavy atom. The molecule has 0 bridgehead atoms. The van der Waals surface area contributed by atoms with Crippen LogP contribution in [0.5, 0.6) is 0 Å². The maximum absolute atomic E-state index is 11.2. The van der Waals surface area contributed by atoms with Crippen molar-refractivity contribution in [3.63, 3.8) is 0 Å². The summed E-state index contributed by atoms with van der Waals surface area (Å²) >= 11 is 9.64. The van der Waals surface area contributed by atoms with Crippen LogP contribution in [0.25, 0.3) is 9.88 Å². The minimum Gasteiger partial charge on any atom is -0.477 e. The van der Waals surface area contributed by atoms with E-state index in [2.05, 4.69) is 36.8 Å². The van der Waals surface area contributed by atoms with E-state index in [-0.39, 0.29) is 0 Å². The third-order valence-electron chi connectivity index (χ3n) is 2.23. The van der Waals surface area contributed by atoms with Gasteiger partial charge in [0, 0.05) is 4.47 Å². The molecule has 1 N–H and O–H groups in total. The molecule has 0 aliphatic carbocycles. The summed E-state index contributed by atoms with van der Waals surface area (Å²) in [6.07, 6.45) is 1.59. The average Bonchev–Trinajstić information content (AvgIpc) is 2.85. The largest absolute Gasteiger partial charge is 0.477 e.